The van der Waals surface area contributed by atoms with Crippen LogP contribution in [-0.4, -0.2) is 39.3 Å². The lowest BCUT2D eigenvalue weighted by Gasteiger charge is -2.20. The van der Waals surface area contributed by atoms with E-state index < -0.39 is 0 Å². The van der Waals surface area contributed by atoms with Crippen LogP contribution in [0.5, 0.6) is 0 Å². The number of hydrogen-bond acceptors (Lipinski definition) is 4. The Morgan fingerprint density at radius 3 is 2.84 bits per heavy atom. The van der Waals surface area contributed by atoms with Crippen molar-refractivity contribution >= 4 is 17.3 Å². The summed E-state index contributed by atoms with van der Waals surface area (Å²) in [5, 5.41) is 9.49. The number of carbonyl (C=O) groups is 1. The Labute approximate surface area is 113 Å². The molecule has 0 bridgehead atoms. The molecule has 1 atom stereocenters. The van der Waals surface area contributed by atoms with Crippen molar-refractivity contribution in [2.24, 2.45) is 5.92 Å². The molecule has 0 saturated heterocycles. The molecule has 0 spiro atoms. The summed E-state index contributed by atoms with van der Waals surface area (Å²) >= 11 is 0. The molecule has 1 heterocycles. The summed E-state index contributed by atoms with van der Waals surface area (Å²) in [7, 11) is 1.67. The van der Waals surface area contributed by atoms with Gasteiger partial charge in [0.2, 0.25) is 0 Å². The van der Waals surface area contributed by atoms with Gasteiger partial charge in [0.1, 0.15) is 0 Å². The first-order valence-electron chi connectivity index (χ1n) is 6.59. The van der Waals surface area contributed by atoms with Crippen LogP contribution in [0.2, 0.25) is 0 Å². The average Bonchev–Trinajstić information content (AvgIpc) is 2.44. The number of fused-ring (bicyclic) bond motifs is 1. The lowest BCUT2D eigenvalue weighted by atomic mass is 10.1. The molecule has 104 valence electrons. The minimum absolute atomic E-state index is 0.0434. The molecule has 19 heavy (non-hydrogen) atoms. The van der Waals surface area contributed by atoms with Crippen molar-refractivity contribution in [2.75, 3.05) is 44.0 Å². The molecular weight excluding hydrogens is 242 g/mol. The molecule has 1 unspecified atom stereocenters. The number of amides is 1. The van der Waals surface area contributed by atoms with Crippen LogP contribution in [-0.2, 0) is 4.74 Å². The van der Waals surface area contributed by atoms with Gasteiger partial charge < -0.3 is 20.7 Å². The summed E-state index contributed by atoms with van der Waals surface area (Å²) in [6.45, 7) is 5.10. The summed E-state index contributed by atoms with van der Waals surface area (Å²) in [4.78, 5) is 12.0. The highest BCUT2D eigenvalue weighted by Gasteiger charge is 2.12. The van der Waals surface area contributed by atoms with Gasteiger partial charge in [-0.25, -0.2) is 0 Å². The number of benzene rings is 1. The molecule has 5 nitrogen and oxygen atoms in total. The smallest absolute Gasteiger partial charge is 0.251 e. The van der Waals surface area contributed by atoms with E-state index in [2.05, 4.69) is 16.0 Å². The first-order valence-corrected chi connectivity index (χ1v) is 6.59. The Balaban J connectivity index is 1.95. The zero-order valence-corrected chi connectivity index (χ0v) is 11.5. The lowest BCUT2D eigenvalue weighted by molar-refractivity contribution is 0.0934. The number of rotatable bonds is 5. The van der Waals surface area contributed by atoms with Gasteiger partial charge in [-0.05, 0) is 24.1 Å². The maximum atomic E-state index is 12.0. The highest BCUT2D eigenvalue weighted by atomic mass is 16.5. The molecule has 1 amide bonds. The third kappa shape index (κ3) is 3.61. The normalized spacial score (nSPS) is 14.8. The van der Waals surface area contributed by atoms with Crippen molar-refractivity contribution in [2.45, 2.75) is 6.92 Å². The summed E-state index contributed by atoms with van der Waals surface area (Å²) in [6.07, 6.45) is 0. The number of nitrogens with one attached hydrogen (secondary N) is 3. The number of anilines is 2. The van der Waals surface area contributed by atoms with Crippen LogP contribution in [0.1, 0.15) is 17.3 Å². The molecule has 1 aliphatic heterocycles. The van der Waals surface area contributed by atoms with Crippen LogP contribution in [0.3, 0.4) is 0 Å². The minimum atomic E-state index is -0.0434. The van der Waals surface area contributed by atoms with Gasteiger partial charge in [-0.1, -0.05) is 6.92 Å². The van der Waals surface area contributed by atoms with Gasteiger partial charge in [-0.15, -0.1) is 0 Å². The fraction of sp³-hybridized carbons (Fsp3) is 0.500. The number of ether oxygens (including phenoxy) is 1. The van der Waals surface area contributed by atoms with Crippen molar-refractivity contribution in [1.82, 2.24) is 5.32 Å². The Morgan fingerprint density at radius 2 is 2.11 bits per heavy atom. The summed E-state index contributed by atoms with van der Waals surface area (Å²) in [5.74, 6) is 0.268. The molecule has 0 fully saturated rings. The van der Waals surface area contributed by atoms with Gasteiger partial charge >= 0.3 is 0 Å². The second kappa shape index (κ2) is 6.43. The largest absolute Gasteiger partial charge is 0.384 e. The number of hydrogen-bond donors (Lipinski definition) is 3. The second-order valence-electron chi connectivity index (χ2n) is 4.88. The molecule has 5 heteroatoms. The predicted octanol–water partition coefficient (Wildman–Crippen LogP) is 1.54. The molecule has 1 aromatic rings. The van der Waals surface area contributed by atoms with Crippen LogP contribution in [0.15, 0.2) is 18.2 Å². The van der Waals surface area contributed by atoms with Crippen LogP contribution < -0.4 is 16.0 Å². The van der Waals surface area contributed by atoms with E-state index in [1.807, 2.05) is 25.1 Å². The van der Waals surface area contributed by atoms with E-state index >= 15 is 0 Å². The van der Waals surface area contributed by atoms with Gasteiger partial charge in [-0.3, -0.25) is 4.79 Å². The van der Waals surface area contributed by atoms with Crippen molar-refractivity contribution in [3.8, 4) is 0 Å². The average molecular weight is 263 g/mol. The van der Waals surface area contributed by atoms with E-state index in [4.69, 9.17) is 4.74 Å². The van der Waals surface area contributed by atoms with Crippen molar-refractivity contribution in [3.05, 3.63) is 23.8 Å². The molecule has 0 aliphatic carbocycles. The van der Waals surface area contributed by atoms with Crippen molar-refractivity contribution in [3.63, 3.8) is 0 Å². The molecule has 0 aromatic heterocycles. The fourth-order valence-corrected chi connectivity index (χ4v) is 2.09. The third-order valence-corrected chi connectivity index (χ3v) is 3.10. The standard InChI is InChI=1S/C14H21N3O2/c1-10(9-19-2)8-17-14(18)11-3-4-12-13(7-11)16-6-5-15-12/h3-4,7,10,15-16H,5-6,8-9H2,1-2H3,(H,17,18). The molecule has 3 N–H and O–H groups in total. The fourth-order valence-electron chi connectivity index (χ4n) is 2.09. The molecule has 0 saturated carbocycles. The van der Waals surface area contributed by atoms with Gasteiger partial charge in [-0.2, -0.15) is 0 Å². The highest BCUT2D eigenvalue weighted by Crippen LogP contribution is 2.25. The summed E-state index contributed by atoms with van der Waals surface area (Å²) in [5.41, 5.74) is 2.72. The van der Waals surface area contributed by atoms with E-state index in [-0.39, 0.29) is 5.91 Å². The van der Waals surface area contributed by atoms with Crippen molar-refractivity contribution < 1.29 is 9.53 Å². The minimum Gasteiger partial charge on any atom is -0.384 e. The predicted molar refractivity (Wildman–Crippen MR) is 76.8 cm³/mol. The Bertz CT molecular complexity index is 448. The van der Waals surface area contributed by atoms with Crippen molar-refractivity contribution in [1.29, 1.82) is 0 Å². The van der Waals surface area contributed by atoms with Crippen LogP contribution in [0, 0.1) is 5.92 Å². The lowest BCUT2D eigenvalue weighted by Crippen LogP contribution is -2.30. The molecule has 1 aromatic carbocycles. The van der Waals surface area contributed by atoms with Crippen LogP contribution in [0.25, 0.3) is 0 Å². The highest BCUT2D eigenvalue weighted by molar-refractivity contribution is 5.96. The zero-order valence-electron chi connectivity index (χ0n) is 11.5. The van der Waals surface area contributed by atoms with Crippen LogP contribution in [0.4, 0.5) is 11.4 Å². The van der Waals surface area contributed by atoms with Gasteiger partial charge in [0.25, 0.3) is 5.91 Å². The molecule has 2 rings (SSSR count). The second-order valence-corrected chi connectivity index (χ2v) is 4.88. The number of methoxy groups -OCH3 is 1. The van der Waals surface area contributed by atoms with E-state index in [1.54, 1.807) is 7.11 Å². The number of carbonyl (C=O) groups excluding carboxylic acids is 1. The maximum Gasteiger partial charge on any atom is 0.251 e. The van der Waals surface area contributed by atoms with Crippen LogP contribution >= 0.6 is 0 Å². The molecule has 0 radical (unpaired) electrons. The zero-order chi connectivity index (χ0) is 13.7. The van der Waals surface area contributed by atoms with E-state index in [0.717, 1.165) is 24.5 Å². The Morgan fingerprint density at radius 1 is 1.37 bits per heavy atom. The van der Waals surface area contributed by atoms with Gasteiger partial charge in [0.15, 0.2) is 0 Å². The SMILES string of the molecule is COCC(C)CNC(=O)c1ccc2c(c1)NCCN2. The quantitative estimate of drug-likeness (QED) is 0.754. The first kappa shape index (κ1) is 13.7. The first-order chi connectivity index (χ1) is 9.20. The maximum absolute atomic E-state index is 12.0. The van der Waals surface area contributed by atoms with Gasteiger partial charge in [0.05, 0.1) is 18.0 Å². The molecule has 1 aliphatic rings. The summed E-state index contributed by atoms with van der Waals surface area (Å²) < 4.78 is 5.05. The van der Waals surface area contributed by atoms with Gasteiger partial charge in [0, 0.05) is 32.3 Å². The van der Waals surface area contributed by atoms with E-state index in [9.17, 15) is 4.79 Å². The topological polar surface area (TPSA) is 62.4 Å². The summed E-state index contributed by atoms with van der Waals surface area (Å²) in [6, 6.07) is 5.67. The monoisotopic (exact) mass is 263 g/mol. The Kier molecular flexibility index (Phi) is 4.63. The van der Waals surface area contributed by atoms with E-state index in [1.165, 1.54) is 0 Å². The molecular formula is C14H21N3O2. The third-order valence-electron chi connectivity index (χ3n) is 3.10. The Hall–Kier alpha value is -1.75. The van der Waals surface area contributed by atoms with E-state index in [0.29, 0.717) is 24.6 Å².